The van der Waals surface area contributed by atoms with Gasteiger partial charge in [-0.15, -0.1) is 5.73 Å². The fourth-order valence-corrected chi connectivity index (χ4v) is 7.40. The second-order valence-corrected chi connectivity index (χ2v) is 15.2. The van der Waals surface area contributed by atoms with Crippen molar-refractivity contribution in [1.82, 2.24) is 0 Å². The molecule has 0 aromatic heterocycles. The molecule has 2 N–H and O–H groups in total. The largest absolute Gasteiger partial charge is 0.489 e. The third kappa shape index (κ3) is 11.6. The zero-order valence-electron chi connectivity index (χ0n) is 33.4. The number of fused-ring (bicyclic) bond motifs is 1. The molecule has 0 heterocycles. The second kappa shape index (κ2) is 19.5. The van der Waals surface area contributed by atoms with Crippen LogP contribution in [0.5, 0.6) is 0 Å². The number of nitrogens with one attached hydrogen (secondary N) is 2. The van der Waals surface area contributed by atoms with E-state index >= 15 is 8.78 Å². The molecule has 0 radical (unpaired) electrons. The molecule has 1 saturated carbocycles. The average Bonchev–Trinajstić information content (AvgIpc) is 3.47. The van der Waals surface area contributed by atoms with Gasteiger partial charge in [0.25, 0.3) is 11.8 Å². The van der Waals surface area contributed by atoms with E-state index in [-0.39, 0.29) is 77.9 Å². The number of Topliss-reactive ketones (excluding diaryl/α,β-unsaturated/α-hetero) is 2. The first-order chi connectivity index (χ1) is 26.9. The van der Waals surface area contributed by atoms with Crippen molar-refractivity contribution in [3.05, 3.63) is 136 Å². The van der Waals surface area contributed by atoms with Gasteiger partial charge in [0.1, 0.15) is 18.5 Å². The van der Waals surface area contributed by atoms with E-state index in [2.05, 4.69) is 12.3 Å². The molecule has 3 aliphatic rings. The van der Waals surface area contributed by atoms with Crippen LogP contribution in [0.1, 0.15) is 96.3 Å². The Morgan fingerprint density at radius 3 is 2.40 bits per heavy atom. The normalized spacial score (nSPS) is 20.1. The molecule has 2 atom stereocenters. The first-order valence-corrected chi connectivity index (χ1v) is 19.5. The summed E-state index contributed by atoms with van der Waals surface area (Å²) in [4.78, 5) is 26.7. The molecule has 2 unspecified atom stereocenters. The van der Waals surface area contributed by atoms with Gasteiger partial charge in [0.15, 0.2) is 11.6 Å². The highest BCUT2D eigenvalue weighted by atomic mass is 19.3. The summed E-state index contributed by atoms with van der Waals surface area (Å²) in [5, 5.41) is 17.9. The maximum Gasteiger partial charge on any atom is 0.292 e. The summed E-state index contributed by atoms with van der Waals surface area (Å²) >= 11 is 0. The van der Waals surface area contributed by atoms with Crippen molar-refractivity contribution >= 4 is 23.0 Å². The molecule has 4 rings (SSSR count). The number of alkyl halides is 5. The van der Waals surface area contributed by atoms with Crippen molar-refractivity contribution in [2.45, 2.75) is 104 Å². The number of ketones is 2. The van der Waals surface area contributed by atoms with Gasteiger partial charge in [0.2, 0.25) is 0 Å². The Labute approximate surface area is 333 Å². The van der Waals surface area contributed by atoms with Crippen LogP contribution in [0.4, 0.5) is 22.0 Å². The Hall–Kier alpha value is -4.95. The van der Waals surface area contributed by atoms with Crippen LogP contribution in [0, 0.1) is 28.6 Å². The number of benzene rings is 1. The van der Waals surface area contributed by atoms with E-state index in [4.69, 9.17) is 15.6 Å². The average molecular weight is 789 g/mol. The van der Waals surface area contributed by atoms with Gasteiger partial charge in [0, 0.05) is 58.9 Å². The van der Waals surface area contributed by atoms with Gasteiger partial charge in [-0.1, -0.05) is 56.0 Å². The molecule has 0 amide bonds. The molecule has 5 nitrogen and oxygen atoms in total. The van der Waals surface area contributed by atoms with E-state index in [1.54, 1.807) is 58.1 Å². The Morgan fingerprint density at radius 2 is 1.77 bits per heavy atom. The van der Waals surface area contributed by atoms with Crippen LogP contribution >= 0.6 is 0 Å². The number of ether oxygens (including phenoxy) is 1. The molecule has 0 bridgehead atoms. The number of hydrogen-bond acceptors (Lipinski definition) is 5. The van der Waals surface area contributed by atoms with E-state index in [9.17, 15) is 22.8 Å². The first kappa shape index (κ1) is 44.8. The summed E-state index contributed by atoms with van der Waals surface area (Å²) in [6.45, 7) is 11.1. The predicted molar refractivity (Wildman–Crippen MR) is 217 cm³/mol. The smallest absolute Gasteiger partial charge is 0.292 e. The summed E-state index contributed by atoms with van der Waals surface area (Å²) in [7, 11) is 0. The number of carbonyl (C=O) groups is 2. The molecule has 1 aromatic rings. The second-order valence-electron chi connectivity index (χ2n) is 15.2. The minimum atomic E-state index is -3.43. The van der Waals surface area contributed by atoms with E-state index in [1.165, 1.54) is 31.2 Å². The number of carbonyl (C=O) groups excluding carboxylic acids is 2. The lowest BCUT2D eigenvalue weighted by atomic mass is 9.76. The molecule has 57 heavy (non-hydrogen) atoms. The molecular formula is C47H53F5N2O3. The molecule has 10 heteroatoms. The Balaban J connectivity index is 1.64. The quantitative estimate of drug-likeness (QED) is 0.0510. The van der Waals surface area contributed by atoms with E-state index in [0.29, 0.717) is 59.6 Å². The Morgan fingerprint density at radius 1 is 1.07 bits per heavy atom. The van der Waals surface area contributed by atoms with Crippen LogP contribution < -0.4 is 0 Å². The highest BCUT2D eigenvalue weighted by molar-refractivity contribution is 6.11. The van der Waals surface area contributed by atoms with Crippen molar-refractivity contribution in [3.8, 4) is 0 Å². The lowest BCUT2D eigenvalue weighted by Crippen LogP contribution is -2.32. The highest BCUT2D eigenvalue weighted by Gasteiger charge is 2.40. The SMILES string of the molecule is C=CC(F)(F)c1ccc(CC(C)C(=O)C(C)=CC)cc1C(=N)CC1=CC2=CC(C(=O)CC(=N)C3CCC(C(F)(F)C=CC)CC3)=C(OCC(C)F)C=C=C2CC=C1. The van der Waals surface area contributed by atoms with E-state index in [1.807, 2.05) is 6.08 Å². The van der Waals surface area contributed by atoms with Crippen molar-refractivity contribution in [2.75, 3.05) is 6.61 Å². The van der Waals surface area contributed by atoms with Crippen molar-refractivity contribution in [3.63, 3.8) is 0 Å². The molecule has 304 valence electrons. The molecule has 1 fully saturated rings. The highest BCUT2D eigenvalue weighted by Crippen LogP contribution is 2.41. The zero-order valence-corrected chi connectivity index (χ0v) is 33.4. The van der Waals surface area contributed by atoms with Crippen LogP contribution in [-0.4, -0.2) is 41.7 Å². The van der Waals surface area contributed by atoms with Gasteiger partial charge in [-0.2, -0.15) is 8.78 Å². The Bertz CT molecular complexity index is 2010. The number of halogens is 5. The van der Waals surface area contributed by atoms with Crippen LogP contribution in [0.2, 0.25) is 0 Å². The van der Waals surface area contributed by atoms with Crippen LogP contribution in [0.3, 0.4) is 0 Å². The third-order valence-corrected chi connectivity index (χ3v) is 10.8. The molecule has 3 aliphatic carbocycles. The van der Waals surface area contributed by atoms with E-state index < -0.39 is 35.6 Å². The van der Waals surface area contributed by atoms with Gasteiger partial charge in [-0.3, -0.25) is 9.59 Å². The van der Waals surface area contributed by atoms with Crippen molar-refractivity contribution in [2.24, 2.45) is 17.8 Å². The molecular weight excluding hydrogens is 736 g/mol. The predicted octanol–water partition coefficient (Wildman–Crippen LogP) is 12.0. The summed E-state index contributed by atoms with van der Waals surface area (Å²) in [5.74, 6) is -8.36. The number of allylic oxidation sites excluding steroid dienone is 13. The van der Waals surface area contributed by atoms with Crippen molar-refractivity contribution in [1.29, 1.82) is 10.8 Å². The van der Waals surface area contributed by atoms with Gasteiger partial charge < -0.3 is 15.6 Å². The summed E-state index contributed by atoms with van der Waals surface area (Å²) in [6, 6.07) is 4.36. The lowest BCUT2D eigenvalue weighted by Gasteiger charge is -2.32. The summed E-state index contributed by atoms with van der Waals surface area (Å²) in [6.07, 6.45) is 13.1. The zero-order chi connectivity index (χ0) is 42.1. The monoisotopic (exact) mass is 788 g/mol. The maximum absolute atomic E-state index is 15.2. The standard InChI is InChI=1S/C47H53F5N2O3/c1-7-21-47(51,52)37-17-14-35(15-18-37)41(53)27-43(55)39-26-36-23-32(11-10-12-34(36)16-20-44(39)57-28-31(6)48)25-42(54)38-24-33(13-19-40(38)46(49,50)9-3)22-30(5)45(56)29(4)8-2/h7-11,13,19-21,23-24,26,30-31,35,37,53-54H,3,12,14-15,17-18,22,25,27-28H2,1-2,4-6H3. The molecule has 0 saturated heterocycles. The topological polar surface area (TPSA) is 91.1 Å². The van der Waals surface area contributed by atoms with Crippen molar-refractivity contribution < 1.29 is 36.3 Å². The summed E-state index contributed by atoms with van der Waals surface area (Å²) < 4.78 is 79.2. The van der Waals surface area contributed by atoms with Crippen LogP contribution in [0.15, 0.2) is 119 Å². The van der Waals surface area contributed by atoms with Gasteiger partial charge in [-0.05, 0) is 119 Å². The molecule has 0 aliphatic heterocycles. The summed E-state index contributed by atoms with van der Waals surface area (Å²) in [5.41, 5.74) is 5.97. The Kier molecular flexibility index (Phi) is 15.3. The first-order valence-electron chi connectivity index (χ1n) is 19.5. The van der Waals surface area contributed by atoms with Gasteiger partial charge >= 0.3 is 0 Å². The number of hydrogen-bond donors (Lipinski definition) is 2. The van der Waals surface area contributed by atoms with E-state index in [0.717, 1.165) is 6.08 Å². The third-order valence-electron chi connectivity index (χ3n) is 10.8. The maximum atomic E-state index is 15.2. The van der Waals surface area contributed by atoms with Gasteiger partial charge in [0.05, 0.1) is 5.57 Å². The fraction of sp³-hybridized carbons (Fsp3) is 0.426. The van der Waals surface area contributed by atoms with Crippen LogP contribution in [0.25, 0.3) is 0 Å². The lowest BCUT2D eigenvalue weighted by molar-refractivity contribution is -0.118. The fourth-order valence-electron chi connectivity index (χ4n) is 7.40. The minimum Gasteiger partial charge on any atom is -0.489 e. The molecule has 0 spiro atoms. The van der Waals surface area contributed by atoms with Gasteiger partial charge in [-0.25, -0.2) is 13.2 Å². The minimum absolute atomic E-state index is 0.0220. The molecule has 1 aromatic carbocycles. The van der Waals surface area contributed by atoms with Crippen LogP contribution in [-0.2, 0) is 26.7 Å². The number of rotatable bonds is 18.